The van der Waals surface area contributed by atoms with Gasteiger partial charge in [-0.25, -0.2) is 8.42 Å². The number of cyclic esters (lactones) is 1. The van der Waals surface area contributed by atoms with Crippen LogP contribution in [0.1, 0.15) is 43.5 Å². The molecule has 2 saturated heterocycles. The number of carbonyl (C=O) groups is 4. The number of fused-ring (bicyclic) bond motifs is 2. The van der Waals surface area contributed by atoms with Gasteiger partial charge in [0.25, 0.3) is 5.91 Å². The molecule has 0 spiro atoms. The fraction of sp³-hybridized carbons (Fsp3) is 0.467. The maximum atomic E-state index is 14.2. The highest BCUT2D eigenvalue weighted by Crippen LogP contribution is 2.27. The SMILES string of the molecule is CCOC1OC(=O)CC1NC(=O)[C@@H]1CN(S(=O)(=O)CC)C[C@@H]2C/C=C\C[C@H](NC(=O)c3cccc4ccccc34)C(=O)N21. The van der Waals surface area contributed by atoms with E-state index in [9.17, 15) is 27.6 Å². The van der Waals surface area contributed by atoms with Crippen LogP contribution in [0, 0.1) is 0 Å². The zero-order valence-corrected chi connectivity index (χ0v) is 24.9. The molecular weight excluding hydrogens is 576 g/mol. The van der Waals surface area contributed by atoms with E-state index in [0.29, 0.717) is 12.0 Å². The number of piperazine rings is 1. The minimum absolute atomic E-state index is 0.00657. The number of carbonyl (C=O) groups excluding carboxylic acids is 4. The number of hydrogen-bond acceptors (Lipinski definition) is 8. The number of nitrogens with zero attached hydrogens (tertiary/aromatic N) is 2. The molecule has 43 heavy (non-hydrogen) atoms. The van der Waals surface area contributed by atoms with Gasteiger partial charge in [-0.3, -0.25) is 19.2 Å². The Balaban J connectivity index is 1.44. The van der Waals surface area contributed by atoms with Gasteiger partial charge in [-0.05, 0) is 43.5 Å². The van der Waals surface area contributed by atoms with Crippen LogP contribution < -0.4 is 10.6 Å². The molecule has 0 saturated carbocycles. The van der Waals surface area contributed by atoms with E-state index in [1.807, 2.05) is 36.4 Å². The minimum Gasteiger partial charge on any atom is -0.433 e. The summed E-state index contributed by atoms with van der Waals surface area (Å²) in [6.07, 6.45) is 3.04. The second kappa shape index (κ2) is 12.8. The van der Waals surface area contributed by atoms with E-state index in [2.05, 4.69) is 10.6 Å². The van der Waals surface area contributed by atoms with Crippen LogP contribution in [0.25, 0.3) is 10.8 Å². The van der Waals surface area contributed by atoms with Crippen molar-refractivity contribution < 1.29 is 37.1 Å². The summed E-state index contributed by atoms with van der Waals surface area (Å²) in [7, 11) is -3.70. The molecule has 2 unspecified atom stereocenters. The van der Waals surface area contributed by atoms with Gasteiger partial charge in [-0.2, -0.15) is 4.31 Å². The van der Waals surface area contributed by atoms with Crippen LogP contribution in [-0.4, -0.2) is 97.2 Å². The number of benzene rings is 2. The second-order valence-electron chi connectivity index (χ2n) is 10.8. The first-order valence-electron chi connectivity index (χ1n) is 14.5. The third-order valence-corrected chi connectivity index (χ3v) is 9.86. The van der Waals surface area contributed by atoms with E-state index in [4.69, 9.17) is 9.47 Å². The lowest BCUT2D eigenvalue weighted by Gasteiger charge is -2.47. The highest BCUT2D eigenvalue weighted by molar-refractivity contribution is 7.89. The Kier molecular flexibility index (Phi) is 9.13. The fourth-order valence-corrected chi connectivity index (χ4v) is 7.00. The summed E-state index contributed by atoms with van der Waals surface area (Å²) in [6.45, 7) is 3.23. The van der Waals surface area contributed by atoms with Crippen molar-refractivity contribution in [3.8, 4) is 0 Å². The van der Waals surface area contributed by atoms with Crippen molar-refractivity contribution >= 4 is 44.5 Å². The van der Waals surface area contributed by atoms with Gasteiger partial charge in [0.2, 0.25) is 28.1 Å². The first-order chi connectivity index (χ1) is 20.6. The second-order valence-corrected chi connectivity index (χ2v) is 13.0. The van der Waals surface area contributed by atoms with Gasteiger partial charge in [-0.15, -0.1) is 0 Å². The lowest BCUT2D eigenvalue weighted by molar-refractivity contribution is -0.165. The molecule has 2 aromatic carbocycles. The highest BCUT2D eigenvalue weighted by Gasteiger charge is 2.47. The predicted molar refractivity (Wildman–Crippen MR) is 157 cm³/mol. The molecule has 2 aromatic rings. The van der Waals surface area contributed by atoms with Crippen molar-refractivity contribution in [3.63, 3.8) is 0 Å². The van der Waals surface area contributed by atoms with Crippen LogP contribution in [0.4, 0.5) is 0 Å². The van der Waals surface area contributed by atoms with Gasteiger partial charge in [0.05, 0.1) is 12.2 Å². The van der Waals surface area contributed by atoms with E-state index >= 15 is 0 Å². The Morgan fingerprint density at radius 1 is 1.00 bits per heavy atom. The van der Waals surface area contributed by atoms with E-state index in [1.54, 1.807) is 25.1 Å². The molecule has 2 N–H and O–H groups in total. The number of hydrogen-bond donors (Lipinski definition) is 2. The van der Waals surface area contributed by atoms with Crippen molar-refractivity contribution in [1.82, 2.24) is 19.8 Å². The van der Waals surface area contributed by atoms with Crippen molar-refractivity contribution in [2.45, 2.75) is 63.6 Å². The van der Waals surface area contributed by atoms with Crippen LogP contribution in [0.15, 0.2) is 54.6 Å². The van der Waals surface area contributed by atoms with Crippen molar-refractivity contribution in [2.75, 3.05) is 25.4 Å². The van der Waals surface area contributed by atoms with Crippen LogP contribution in [0.2, 0.25) is 0 Å². The van der Waals surface area contributed by atoms with Gasteiger partial charge in [0, 0.05) is 31.3 Å². The Labute approximate surface area is 250 Å². The summed E-state index contributed by atoms with van der Waals surface area (Å²) >= 11 is 0. The van der Waals surface area contributed by atoms with Gasteiger partial charge < -0.3 is 25.0 Å². The van der Waals surface area contributed by atoms with Gasteiger partial charge in [0.1, 0.15) is 18.1 Å². The lowest BCUT2D eigenvalue weighted by atomic mass is 9.97. The Morgan fingerprint density at radius 3 is 2.51 bits per heavy atom. The van der Waals surface area contributed by atoms with Gasteiger partial charge >= 0.3 is 5.97 Å². The summed E-state index contributed by atoms with van der Waals surface area (Å²) in [5.41, 5.74) is 0.412. The van der Waals surface area contributed by atoms with E-state index in [-0.39, 0.29) is 38.3 Å². The first kappa shape index (κ1) is 30.6. The normalized spacial score (nSPS) is 27.1. The number of amides is 3. The molecule has 5 rings (SSSR count). The van der Waals surface area contributed by atoms with E-state index in [0.717, 1.165) is 10.8 Å². The zero-order chi connectivity index (χ0) is 30.7. The zero-order valence-electron chi connectivity index (χ0n) is 24.1. The number of ether oxygens (including phenoxy) is 2. The van der Waals surface area contributed by atoms with Crippen LogP contribution in [-0.2, 0) is 33.9 Å². The fourth-order valence-electron chi connectivity index (χ4n) is 5.87. The largest absolute Gasteiger partial charge is 0.433 e. The maximum Gasteiger partial charge on any atom is 0.310 e. The number of nitrogens with one attached hydrogen (secondary N) is 2. The molecular formula is C30H36N4O8S. The molecule has 3 heterocycles. The van der Waals surface area contributed by atoms with Crippen LogP contribution in [0.5, 0.6) is 0 Å². The van der Waals surface area contributed by atoms with Crippen molar-refractivity contribution in [2.24, 2.45) is 0 Å². The number of esters is 1. The summed E-state index contributed by atoms with van der Waals surface area (Å²) < 4.78 is 37.8. The molecule has 0 bridgehead atoms. The third-order valence-electron chi connectivity index (χ3n) is 8.04. The molecule has 3 amide bonds. The molecule has 3 aliphatic rings. The molecule has 0 aliphatic carbocycles. The smallest absolute Gasteiger partial charge is 0.310 e. The molecule has 12 nitrogen and oxygen atoms in total. The van der Waals surface area contributed by atoms with E-state index < -0.39 is 64.2 Å². The number of sulfonamides is 1. The van der Waals surface area contributed by atoms with Crippen molar-refractivity contribution in [3.05, 3.63) is 60.2 Å². The predicted octanol–water partition coefficient (Wildman–Crippen LogP) is 1.31. The molecule has 2 fully saturated rings. The first-order valence-corrected chi connectivity index (χ1v) is 16.1. The number of rotatable bonds is 8. The molecule has 13 heteroatoms. The minimum atomic E-state index is -3.70. The molecule has 0 aromatic heterocycles. The van der Waals surface area contributed by atoms with Gasteiger partial charge in [0.15, 0.2) is 0 Å². The van der Waals surface area contributed by atoms with E-state index in [1.165, 1.54) is 16.1 Å². The third kappa shape index (κ3) is 6.43. The molecule has 0 radical (unpaired) electrons. The summed E-state index contributed by atoms with van der Waals surface area (Å²) in [5.74, 6) is -2.26. The Bertz CT molecular complexity index is 1540. The standard InChI is InChI=1S/C30H36N4O8S/c1-3-41-30-24(16-26(35)42-30)32-28(37)25-18-33(43(39,40)4-2)17-20-12-6-8-15-23(29(38)34(20)25)31-27(36)22-14-9-11-19-10-5-7-13-21(19)22/h5-11,13-14,20,23-25,30H,3-4,12,15-18H2,1-2H3,(H,31,36)(H,32,37)/b8-6-/t20-,23-,24?,25-,30?/m0/s1. The van der Waals surface area contributed by atoms with Gasteiger partial charge in [-0.1, -0.05) is 48.6 Å². The average Bonchev–Trinajstić information content (AvgIpc) is 3.34. The Hall–Kier alpha value is -3.81. The Morgan fingerprint density at radius 2 is 1.74 bits per heavy atom. The lowest BCUT2D eigenvalue weighted by Crippen LogP contribution is -2.68. The molecule has 3 aliphatic heterocycles. The average molecular weight is 613 g/mol. The van der Waals surface area contributed by atoms with Crippen LogP contribution in [0.3, 0.4) is 0 Å². The summed E-state index contributed by atoms with van der Waals surface area (Å²) in [4.78, 5) is 54.9. The topological polar surface area (TPSA) is 151 Å². The summed E-state index contributed by atoms with van der Waals surface area (Å²) in [6, 6.07) is 9.12. The highest BCUT2D eigenvalue weighted by atomic mass is 32.2. The quantitative estimate of drug-likeness (QED) is 0.335. The molecule has 5 atom stereocenters. The summed E-state index contributed by atoms with van der Waals surface area (Å²) in [5, 5.41) is 7.24. The monoisotopic (exact) mass is 612 g/mol. The maximum absolute atomic E-state index is 14.2. The van der Waals surface area contributed by atoms with Crippen molar-refractivity contribution in [1.29, 1.82) is 0 Å². The van der Waals surface area contributed by atoms with Crippen LogP contribution >= 0.6 is 0 Å². The molecule has 230 valence electrons.